The predicted octanol–water partition coefficient (Wildman–Crippen LogP) is 6.50. The van der Waals surface area contributed by atoms with Crippen molar-refractivity contribution in [3.05, 3.63) is 95.2 Å². The zero-order valence-corrected chi connectivity index (χ0v) is 22.1. The molecule has 11 heteroatoms. The Balaban J connectivity index is 1.23. The molecule has 0 radical (unpaired) electrons. The van der Waals surface area contributed by atoms with E-state index in [1.165, 1.54) is 11.3 Å². The Morgan fingerprint density at radius 1 is 1.00 bits per heavy atom. The van der Waals surface area contributed by atoms with E-state index < -0.39 is 11.6 Å². The Labute approximate surface area is 230 Å². The number of imidazole rings is 1. The van der Waals surface area contributed by atoms with Crippen LogP contribution >= 0.6 is 11.3 Å². The fourth-order valence-electron chi connectivity index (χ4n) is 4.32. The molecule has 0 saturated carbocycles. The number of hydrogen-bond acceptors (Lipinski definition) is 8. The molecule has 0 spiro atoms. The van der Waals surface area contributed by atoms with Crippen LogP contribution in [0, 0.1) is 11.6 Å². The maximum atomic E-state index is 13.5. The summed E-state index contributed by atoms with van der Waals surface area (Å²) in [5.74, 6) is -0.322. The van der Waals surface area contributed by atoms with Crippen molar-refractivity contribution in [1.29, 1.82) is 0 Å². The number of rotatable bonds is 9. The Bertz CT molecular complexity index is 1830. The van der Waals surface area contributed by atoms with Gasteiger partial charge in [0.25, 0.3) is 5.19 Å². The van der Waals surface area contributed by atoms with Gasteiger partial charge < -0.3 is 18.6 Å². The van der Waals surface area contributed by atoms with Gasteiger partial charge in [0.05, 0.1) is 25.8 Å². The molecule has 0 aliphatic rings. The van der Waals surface area contributed by atoms with Crippen LogP contribution in [0.2, 0.25) is 0 Å². The van der Waals surface area contributed by atoms with Crippen molar-refractivity contribution in [2.75, 3.05) is 14.2 Å². The summed E-state index contributed by atoms with van der Waals surface area (Å²) in [5, 5.41) is 5.54. The second-order valence-corrected chi connectivity index (χ2v) is 9.86. The molecule has 0 N–H and O–H groups in total. The van der Waals surface area contributed by atoms with Crippen LogP contribution in [0.25, 0.3) is 27.4 Å². The molecule has 0 aliphatic carbocycles. The van der Waals surface area contributed by atoms with Gasteiger partial charge in [0, 0.05) is 30.2 Å². The number of hydrogen-bond donors (Lipinski definition) is 0. The Hall–Kier alpha value is -4.77. The summed E-state index contributed by atoms with van der Waals surface area (Å²) in [6.07, 6.45) is 1.75. The first-order valence-electron chi connectivity index (χ1n) is 12.1. The lowest BCUT2D eigenvalue weighted by Crippen LogP contribution is -2.05. The largest absolute Gasteiger partial charge is 0.496 e. The molecule has 0 atom stereocenters. The van der Waals surface area contributed by atoms with Crippen molar-refractivity contribution < 1.29 is 32.2 Å². The minimum absolute atomic E-state index is 0.00588. The number of halogens is 2. The van der Waals surface area contributed by atoms with E-state index in [2.05, 4.69) is 10.1 Å². The van der Waals surface area contributed by atoms with Crippen LogP contribution in [0.1, 0.15) is 21.5 Å². The average molecular weight is 562 g/mol. The summed E-state index contributed by atoms with van der Waals surface area (Å²) in [6, 6.07) is 15.5. The quantitative estimate of drug-likeness (QED) is 0.186. The molecule has 6 aromatic rings. The maximum absolute atomic E-state index is 13.5. The minimum atomic E-state index is -0.790. The van der Waals surface area contributed by atoms with Gasteiger partial charge >= 0.3 is 0 Å². The summed E-state index contributed by atoms with van der Waals surface area (Å²) < 4.78 is 51.6. The monoisotopic (exact) mass is 561 g/mol. The summed E-state index contributed by atoms with van der Waals surface area (Å²) >= 11 is 1.32. The highest BCUT2D eigenvalue weighted by molar-refractivity contribution is 7.18. The SMILES string of the molecule is COc1cc(OCc2cccc(CC(=O)c3cc(F)cc(F)c3)c2)c2cc(-c3cn4nc(OC)sc4n3)oc2c1. The summed E-state index contributed by atoms with van der Waals surface area (Å²) in [5.41, 5.74) is 2.67. The fraction of sp³-hybridized carbons (Fsp3) is 0.138. The number of ether oxygens (including phenoxy) is 3. The zero-order valence-electron chi connectivity index (χ0n) is 21.3. The lowest BCUT2D eigenvalue weighted by atomic mass is 10.0. The lowest BCUT2D eigenvalue weighted by Gasteiger charge is -2.10. The molecule has 6 rings (SSSR count). The van der Waals surface area contributed by atoms with Gasteiger partial charge in [-0.3, -0.25) is 4.79 Å². The van der Waals surface area contributed by atoms with E-state index in [-0.39, 0.29) is 24.4 Å². The highest BCUT2D eigenvalue weighted by atomic mass is 32.1. The minimum Gasteiger partial charge on any atom is -0.496 e. The van der Waals surface area contributed by atoms with Gasteiger partial charge in [0.1, 0.15) is 41.0 Å². The maximum Gasteiger partial charge on any atom is 0.294 e. The van der Waals surface area contributed by atoms with Crippen molar-refractivity contribution in [3.8, 4) is 28.1 Å². The molecular formula is C29H21F2N3O5S. The molecule has 8 nitrogen and oxygen atoms in total. The van der Waals surface area contributed by atoms with Gasteiger partial charge in [-0.15, -0.1) is 5.10 Å². The van der Waals surface area contributed by atoms with Crippen LogP contribution < -0.4 is 14.2 Å². The summed E-state index contributed by atoms with van der Waals surface area (Å²) in [4.78, 5) is 17.9. The molecular weight excluding hydrogens is 540 g/mol. The number of furan rings is 1. The van der Waals surface area contributed by atoms with Crippen molar-refractivity contribution in [3.63, 3.8) is 0 Å². The second kappa shape index (κ2) is 10.4. The third-order valence-corrected chi connectivity index (χ3v) is 7.08. The number of ketones is 1. The number of nitrogens with zero attached hydrogens (tertiary/aromatic N) is 3. The van der Waals surface area contributed by atoms with Crippen LogP contribution in [-0.2, 0) is 13.0 Å². The molecule has 202 valence electrons. The topological polar surface area (TPSA) is 88.1 Å². The smallest absolute Gasteiger partial charge is 0.294 e. The second-order valence-electron chi connectivity index (χ2n) is 8.94. The van der Waals surface area contributed by atoms with Crippen LogP contribution in [-0.4, -0.2) is 34.6 Å². The molecule has 3 aromatic carbocycles. The predicted molar refractivity (Wildman–Crippen MR) is 144 cm³/mol. The van der Waals surface area contributed by atoms with Gasteiger partial charge in [-0.1, -0.05) is 24.3 Å². The van der Waals surface area contributed by atoms with Gasteiger partial charge in [0.15, 0.2) is 11.5 Å². The van der Waals surface area contributed by atoms with E-state index in [9.17, 15) is 13.6 Å². The Kier molecular flexibility index (Phi) is 6.64. The van der Waals surface area contributed by atoms with Gasteiger partial charge in [-0.2, -0.15) is 0 Å². The van der Waals surface area contributed by atoms with E-state index >= 15 is 0 Å². The van der Waals surface area contributed by atoms with Crippen molar-refractivity contribution in [1.82, 2.24) is 14.6 Å². The van der Waals surface area contributed by atoms with E-state index in [0.717, 1.165) is 29.1 Å². The zero-order chi connectivity index (χ0) is 27.8. The number of methoxy groups -OCH3 is 2. The van der Waals surface area contributed by atoms with E-state index in [1.54, 1.807) is 49.2 Å². The molecule has 0 aliphatic heterocycles. The molecule has 3 aromatic heterocycles. The van der Waals surface area contributed by atoms with Crippen LogP contribution in [0.5, 0.6) is 16.7 Å². The number of carbonyl (C=O) groups is 1. The third kappa shape index (κ3) is 5.10. The normalized spacial score (nSPS) is 11.3. The molecule has 0 amide bonds. The molecule has 40 heavy (non-hydrogen) atoms. The van der Waals surface area contributed by atoms with Crippen LogP contribution in [0.3, 0.4) is 0 Å². The summed E-state index contributed by atoms with van der Waals surface area (Å²) in [7, 11) is 3.11. The van der Waals surface area contributed by atoms with Crippen molar-refractivity contribution in [2.45, 2.75) is 13.0 Å². The number of fused-ring (bicyclic) bond motifs is 2. The highest BCUT2D eigenvalue weighted by Gasteiger charge is 2.17. The average Bonchev–Trinajstić information content (AvgIpc) is 3.64. The number of benzene rings is 3. The Morgan fingerprint density at radius 2 is 1.80 bits per heavy atom. The third-order valence-electron chi connectivity index (χ3n) is 6.20. The Morgan fingerprint density at radius 3 is 2.55 bits per heavy atom. The van der Waals surface area contributed by atoms with Gasteiger partial charge in [-0.25, -0.2) is 18.3 Å². The van der Waals surface area contributed by atoms with E-state index in [0.29, 0.717) is 44.3 Å². The van der Waals surface area contributed by atoms with Crippen molar-refractivity contribution >= 4 is 33.1 Å². The van der Waals surface area contributed by atoms with E-state index in [1.807, 2.05) is 18.2 Å². The first kappa shape index (κ1) is 25.5. The molecule has 3 heterocycles. The molecule has 0 saturated heterocycles. The number of Topliss-reactive ketones (excluding diaryl/α,β-unsaturated/α-hetero) is 1. The molecule has 0 fully saturated rings. The van der Waals surface area contributed by atoms with Gasteiger partial charge in [0.2, 0.25) is 4.96 Å². The van der Waals surface area contributed by atoms with E-state index in [4.69, 9.17) is 18.6 Å². The summed E-state index contributed by atoms with van der Waals surface area (Å²) in [6.45, 7) is 0.198. The first-order valence-corrected chi connectivity index (χ1v) is 12.9. The fourth-order valence-corrected chi connectivity index (χ4v) is 5.02. The van der Waals surface area contributed by atoms with Crippen molar-refractivity contribution in [2.24, 2.45) is 0 Å². The lowest BCUT2D eigenvalue weighted by molar-refractivity contribution is 0.0992. The molecule has 0 unspecified atom stereocenters. The standard InChI is InChI=1S/C29H21F2N3O5S/c1-36-21-11-25(22-13-27(39-26(22)12-21)23-14-34-28(32-23)40-29(33-34)37-2)38-15-17-5-3-4-16(6-17)7-24(35)18-8-19(30)10-20(31)9-18/h3-6,8-14H,7,15H2,1-2H3. The first-order chi connectivity index (χ1) is 19.4. The molecule has 0 bridgehead atoms. The van der Waals surface area contributed by atoms with Gasteiger partial charge in [-0.05, 0) is 40.7 Å². The number of aromatic nitrogens is 3. The van der Waals surface area contributed by atoms with Crippen LogP contribution in [0.4, 0.5) is 8.78 Å². The van der Waals surface area contributed by atoms with Crippen LogP contribution in [0.15, 0.2) is 71.3 Å². The highest BCUT2D eigenvalue weighted by Crippen LogP contribution is 2.37. The number of carbonyl (C=O) groups excluding carboxylic acids is 1.